The lowest BCUT2D eigenvalue weighted by Crippen LogP contribution is -2.45. The molecule has 1 rings (SSSR count). The molecule has 0 spiro atoms. The minimum atomic E-state index is -3.87. The number of aromatic nitrogens is 1. The summed E-state index contributed by atoms with van der Waals surface area (Å²) in [6, 6.07) is -0.883. The molecule has 19 heavy (non-hydrogen) atoms. The summed E-state index contributed by atoms with van der Waals surface area (Å²) in [5.74, 6) is -0.327. The average molecular weight is 307 g/mol. The van der Waals surface area contributed by atoms with Gasteiger partial charge in [-0.1, -0.05) is 11.3 Å². The largest absolute Gasteiger partial charge is 0.345 e. The van der Waals surface area contributed by atoms with Crippen molar-refractivity contribution in [3.05, 3.63) is 15.4 Å². The molecule has 2 N–H and O–H groups in total. The first-order valence-corrected chi connectivity index (χ1v) is 7.96. The summed E-state index contributed by atoms with van der Waals surface area (Å²) in [6.07, 6.45) is 0. The number of nitrogens with zero attached hydrogens (tertiary/aromatic N) is 1. The molecule has 1 amide bonds. The third kappa shape index (κ3) is 3.64. The standard InChI is InChI=1S/C10H17N3O4S2/c1-5-13(4)8(14)6(2)12-19(16,17)9-7(3)11-10(15)18-9/h6,12H,5H2,1-4H3,(H,11,15). The first kappa shape index (κ1) is 15.9. The zero-order valence-corrected chi connectivity index (χ0v) is 12.8. The van der Waals surface area contributed by atoms with Crippen molar-refractivity contribution in [1.82, 2.24) is 14.6 Å². The molecule has 9 heteroatoms. The van der Waals surface area contributed by atoms with Gasteiger partial charge in [0.05, 0.1) is 6.04 Å². The number of likely N-dealkylation sites (N-methyl/N-ethyl adjacent to an activating group) is 1. The molecule has 1 aromatic heterocycles. The second-order valence-electron chi connectivity index (χ2n) is 4.12. The van der Waals surface area contributed by atoms with Gasteiger partial charge in [0, 0.05) is 19.3 Å². The molecule has 108 valence electrons. The van der Waals surface area contributed by atoms with Gasteiger partial charge in [0.15, 0.2) is 4.21 Å². The first-order chi connectivity index (χ1) is 8.69. The molecule has 0 aliphatic carbocycles. The van der Waals surface area contributed by atoms with Gasteiger partial charge in [0.2, 0.25) is 5.91 Å². The Hall–Kier alpha value is -1.19. The second-order valence-corrected chi connectivity index (χ2v) is 7.01. The van der Waals surface area contributed by atoms with E-state index in [2.05, 4.69) is 9.71 Å². The van der Waals surface area contributed by atoms with Gasteiger partial charge in [-0.05, 0) is 20.8 Å². The summed E-state index contributed by atoms with van der Waals surface area (Å²) in [5.41, 5.74) is 0.269. The molecule has 0 aliphatic rings. The molecule has 0 fully saturated rings. The molecule has 1 heterocycles. The number of thiazole rings is 1. The fourth-order valence-electron chi connectivity index (χ4n) is 1.47. The Kier molecular flexibility index (Phi) is 4.88. The topological polar surface area (TPSA) is 99.3 Å². The molecular formula is C10H17N3O4S2. The lowest BCUT2D eigenvalue weighted by atomic mass is 10.3. The van der Waals surface area contributed by atoms with Crippen LogP contribution in [0.4, 0.5) is 0 Å². The van der Waals surface area contributed by atoms with E-state index < -0.39 is 20.9 Å². The molecule has 1 unspecified atom stereocenters. The van der Waals surface area contributed by atoms with E-state index in [-0.39, 0.29) is 15.8 Å². The molecule has 0 saturated carbocycles. The van der Waals surface area contributed by atoms with Crippen molar-refractivity contribution in [1.29, 1.82) is 0 Å². The highest BCUT2D eigenvalue weighted by atomic mass is 32.2. The van der Waals surface area contributed by atoms with E-state index in [9.17, 15) is 18.0 Å². The minimum Gasteiger partial charge on any atom is -0.345 e. The van der Waals surface area contributed by atoms with Crippen molar-refractivity contribution in [2.45, 2.75) is 31.0 Å². The lowest BCUT2D eigenvalue weighted by molar-refractivity contribution is -0.131. The highest BCUT2D eigenvalue weighted by Gasteiger charge is 2.26. The van der Waals surface area contributed by atoms with Gasteiger partial charge in [-0.25, -0.2) is 8.42 Å². The Morgan fingerprint density at radius 3 is 2.53 bits per heavy atom. The normalized spacial score (nSPS) is 13.3. The molecule has 0 aromatic carbocycles. The maximum absolute atomic E-state index is 12.1. The van der Waals surface area contributed by atoms with Crippen LogP contribution in [-0.2, 0) is 14.8 Å². The number of rotatable bonds is 5. The number of nitrogens with one attached hydrogen (secondary N) is 2. The van der Waals surface area contributed by atoms with Crippen molar-refractivity contribution in [3.8, 4) is 0 Å². The quantitative estimate of drug-likeness (QED) is 0.793. The smallest absolute Gasteiger partial charge is 0.305 e. The highest BCUT2D eigenvalue weighted by molar-refractivity contribution is 7.91. The third-order valence-corrected chi connectivity index (χ3v) is 5.72. The van der Waals surface area contributed by atoms with E-state index in [1.54, 1.807) is 14.0 Å². The van der Waals surface area contributed by atoms with Crippen LogP contribution in [0.2, 0.25) is 0 Å². The number of aromatic amines is 1. The van der Waals surface area contributed by atoms with E-state index in [1.807, 2.05) is 0 Å². The number of amides is 1. The number of H-pyrrole nitrogens is 1. The molecule has 1 atom stereocenters. The second kappa shape index (κ2) is 5.85. The molecule has 7 nitrogen and oxygen atoms in total. The summed E-state index contributed by atoms with van der Waals surface area (Å²) in [4.78, 5) is 26.3. The molecular weight excluding hydrogens is 290 g/mol. The third-order valence-electron chi connectivity index (χ3n) is 2.58. The van der Waals surface area contributed by atoms with Gasteiger partial charge in [-0.2, -0.15) is 4.72 Å². The summed E-state index contributed by atoms with van der Waals surface area (Å²) in [5, 5.41) is 0. The van der Waals surface area contributed by atoms with Crippen molar-refractivity contribution in [3.63, 3.8) is 0 Å². The van der Waals surface area contributed by atoms with Gasteiger partial charge in [-0.3, -0.25) is 9.59 Å². The van der Waals surface area contributed by atoms with E-state index in [4.69, 9.17) is 0 Å². The van der Waals surface area contributed by atoms with Crippen molar-refractivity contribution in [2.24, 2.45) is 0 Å². The van der Waals surface area contributed by atoms with Gasteiger partial charge >= 0.3 is 4.87 Å². The Morgan fingerprint density at radius 1 is 1.53 bits per heavy atom. The van der Waals surface area contributed by atoms with Crippen molar-refractivity contribution < 1.29 is 13.2 Å². The van der Waals surface area contributed by atoms with Crippen LogP contribution in [0.5, 0.6) is 0 Å². The molecule has 1 aromatic rings. The predicted molar refractivity (Wildman–Crippen MR) is 72.8 cm³/mol. The number of sulfonamides is 1. The van der Waals surface area contributed by atoms with Gasteiger partial charge in [0.25, 0.3) is 10.0 Å². The predicted octanol–water partition coefficient (Wildman–Crippen LogP) is -0.110. The summed E-state index contributed by atoms with van der Waals surface area (Å²) < 4.78 is 26.3. The lowest BCUT2D eigenvalue weighted by Gasteiger charge is -2.20. The summed E-state index contributed by atoms with van der Waals surface area (Å²) >= 11 is 0.603. The van der Waals surface area contributed by atoms with Crippen LogP contribution in [0, 0.1) is 6.92 Å². The number of aryl methyl sites for hydroxylation is 1. The molecule has 0 radical (unpaired) electrons. The van der Waals surface area contributed by atoms with E-state index >= 15 is 0 Å². The van der Waals surface area contributed by atoms with Gasteiger partial charge < -0.3 is 9.88 Å². The summed E-state index contributed by atoms with van der Waals surface area (Å²) in [6.45, 7) is 5.25. The van der Waals surface area contributed by atoms with Crippen molar-refractivity contribution >= 4 is 27.3 Å². The van der Waals surface area contributed by atoms with Crippen molar-refractivity contribution in [2.75, 3.05) is 13.6 Å². The van der Waals surface area contributed by atoms with Gasteiger partial charge in [-0.15, -0.1) is 0 Å². The molecule has 0 aliphatic heterocycles. The van der Waals surface area contributed by atoms with Gasteiger partial charge in [0.1, 0.15) is 0 Å². The Labute approximate surface area is 115 Å². The van der Waals surface area contributed by atoms with Crippen LogP contribution >= 0.6 is 11.3 Å². The van der Waals surface area contributed by atoms with Crippen LogP contribution in [0.1, 0.15) is 19.5 Å². The minimum absolute atomic E-state index is 0.0868. The van der Waals surface area contributed by atoms with Crippen LogP contribution < -0.4 is 9.60 Å². The van der Waals surface area contributed by atoms with E-state index in [1.165, 1.54) is 18.7 Å². The Bertz CT molecular complexity index is 617. The fraction of sp³-hybridized carbons (Fsp3) is 0.600. The van der Waals surface area contributed by atoms with Crippen LogP contribution in [0.25, 0.3) is 0 Å². The molecule has 0 saturated heterocycles. The maximum atomic E-state index is 12.1. The number of carbonyl (C=O) groups excluding carboxylic acids is 1. The SMILES string of the molecule is CCN(C)C(=O)C(C)NS(=O)(=O)c1sc(=O)[nH]c1C. The van der Waals surface area contributed by atoms with Crippen LogP contribution in [0.3, 0.4) is 0 Å². The fourth-order valence-corrected chi connectivity index (χ4v) is 3.98. The number of hydrogen-bond acceptors (Lipinski definition) is 5. The maximum Gasteiger partial charge on any atom is 0.305 e. The number of carbonyl (C=O) groups is 1. The first-order valence-electron chi connectivity index (χ1n) is 5.66. The zero-order chi connectivity index (χ0) is 14.8. The van der Waals surface area contributed by atoms with Crippen LogP contribution in [-0.4, -0.2) is 43.8 Å². The monoisotopic (exact) mass is 307 g/mol. The van der Waals surface area contributed by atoms with E-state index in [0.717, 1.165) is 0 Å². The zero-order valence-electron chi connectivity index (χ0n) is 11.2. The van der Waals surface area contributed by atoms with E-state index in [0.29, 0.717) is 17.9 Å². The highest BCUT2D eigenvalue weighted by Crippen LogP contribution is 2.16. The summed E-state index contributed by atoms with van der Waals surface area (Å²) in [7, 11) is -2.28. The Balaban J connectivity index is 2.95. The molecule has 0 bridgehead atoms. The Morgan fingerprint density at radius 2 is 2.11 bits per heavy atom. The number of hydrogen-bond donors (Lipinski definition) is 2. The average Bonchev–Trinajstić information content (AvgIpc) is 2.66. The van der Waals surface area contributed by atoms with Crippen LogP contribution in [0.15, 0.2) is 9.00 Å².